The van der Waals surface area contributed by atoms with E-state index in [2.05, 4.69) is 0 Å². The molecule has 0 radical (unpaired) electrons. The van der Waals surface area contributed by atoms with Crippen molar-refractivity contribution in [1.82, 2.24) is 0 Å². The summed E-state index contributed by atoms with van der Waals surface area (Å²) < 4.78 is 18.2. The third kappa shape index (κ3) is 2.53. The Kier molecular flexibility index (Phi) is 3.61. The summed E-state index contributed by atoms with van der Waals surface area (Å²) >= 11 is 0. The van der Waals surface area contributed by atoms with E-state index >= 15 is 0 Å². The van der Waals surface area contributed by atoms with Gasteiger partial charge in [-0.15, -0.1) is 0 Å². The molecule has 0 spiro atoms. The fraction of sp³-hybridized carbons (Fsp3) is 0.455. The highest BCUT2D eigenvalue weighted by Crippen LogP contribution is 2.18. The summed E-state index contributed by atoms with van der Waals surface area (Å²) in [5, 5.41) is 0. The minimum Gasteiger partial charge on any atom is -0.380 e. The van der Waals surface area contributed by atoms with E-state index in [0.29, 0.717) is 0 Å². The van der Waals surface area contributed by atoms with Gasteiger partial charge >= 0.3 is 0 Å². The standard InChI is InChI=1S/C11H16FNO/c1-7-4-9(6-10(12)5-7)11(13)8(2)14-3/h4-6,8,11H,13H2,1-3H3. The second kappa shape index (κ2) is 4.53. The van der Waals surface area contributed by atoms with E-state index in [1.165, 1.54) is 12.1 Å². The van der Waals surface area contributed by atoms with E-state index in [1.807, 2.05) is 19.9 Å². The zero-order valence-corrected chi connectivity index (χ0v) is 8.75. The summed E-state index contributed by atoms with van der Waals surface area (Å²) in [5.41, 5.74) is 7.54. The lowest BCUT2D eigenvalue weighted by Gasteiger charge is -2.19. The molecular weight excluding hydrogens is 181 g/mol. The maximum atomic E-state index is 13.1. The zero-order chi connectivity index (χ0) is 10.7. The Bertz CT molecular complexity index is 294. The van der Waals surface area contributed by atoms with Crippen molar-refractivity contribution in [3.63, 3.8) is 0 Å². The molecular formula is C11H16FNO. The van der Waals surface area contributed by atoms with E-state index in [9.17, 15) is 4.39 Å². The number of benzene rings is 1. The molecule has 0 aliphatic rings. The molecule has 0 bridgehead atoms. The molecule has 2 atom stereocenters. The molecule has 1 aromatic rings. The van der Waals surface area contributed by atoms with E-state index < -0.39 is 0 Å². The first-order valence-electron chi connectivity index (χ1n) is 4.60. The first kappa shape index (κ1) is 11.1. The quantitative estimate of drug-likeness (QED) is 0.806. The van der Waals surface area contributed by atoms with Gasteiger partial charge in [0.05, 0.1) is 12.1 Å². The minimum absolute atomic E-state index is 0.115. The van der Waals surface area contributed by atoms with Gasteiger partial charge in [0.15, 0.2) is 0 Å². The van der Waals surface area contributed by atoms with Gasteiger partial charge in [-0.2, -0.15) is 0 Å². The molecule has 0 aliphatic heterocycles. The van der Waals surface area contributed by atoms with Crippen molar-refractivity contribution in [3.05, 3.63) is 35.1 Å². The van der Waals surface area contributed by atoms with Gasteiger partial charge in [-0.05, 0) is 37.1 Å². The number of nitrogens with two attached hydrogens (primary N) is 1. The summed E-state index contributed by atoms with van der Waals surface area (Å²) in [7, 11) is 1.59. The van der Waals surface area contributed by atoms with Crippen molar-refractivity contribution in [2.24, 2.45) is 5.73 Å². The fourth-order valence-electron chi connectivity index (χ4n) is 1.37. The predicted octanol–water partition coefficient (Wildman–Crippen LogP) is 2.17. The van der Waals surface area contributed by atoms with Gasteiger partial charge < -0.3 is 10.5 Å². The first-order chi connectivity index (χ1) is 6.54. The van der Waals surface area contributed by atoms with E-state index in [1.54, 1.807) is 7.11 Å². The minimum atomic E-state index is -0.283. The largest absolute Gasteiger partial charge is 0.380 e. The Morgan fingerprint density at radius 2 is 2.00 bits per heavy atom. The molecule has 0 saturated heterocycles. The smallest absolute Gasteiger partial charge is 0.123 e. The molecule has 2 nitrogen and oxygen atoms in total. The van der Waals surface area contributed by atoms with Gasteiger partial charge in [-0.3, -0.25) is 0 Å². The number of hydrogen-bond donors (Lipinski definition) is 1. The van der Waals surface area contributed by atoms with Crippen molar-refractivity contribution in [2.75, 3.05) is 7.11 Å². The number of methoxy groups -OCH3 is 1. The summed E-state index contributed by atoms with van der Waals surface area (Å²) in [4.78, 5) is 0. The fourth-order valence-corrected chi connectivity index (χ4v) is 1.37. The van der Waals surface area contributed by atoms with Crippen LogP contribution in [0.15, 0.2) is 18.2 Å². The molecule has 0 heterocycles. The van der Waals surface area contributed by atoms with Crippen LogP contribution in [0.4, 0.5) is 4.39 Å². The Morgan fingerprint density at radius 1 is 1.36 bits per heavy atom. The first-order valence-corrected chi connectivity index (χ1v) is 4.60. The van der Waals surface area contributed by atoms with Crippen LogP contribution in [0.1, 0.15) is 24.1 Å². The topological polar surface area (TPSA) is 35.2 Å². The zero-order valence-electron chi connectivity index (χ0n) is 8.75. The highest BCUT2D eigenvalue weighted by molar-refractivity contribution is 5.26. The van der Waals surface area contributed by atoms with E-state index in [-0.39, 0.29) is 18.0 Å². The Labute approximate surface area is 83.9 Å². The van der Waals surface area contributed by atoms with Crippen LogP contribution in [0.2, 0.25) is 0 Å². The lowest BCUT2D eigenvalue weighted by molar-refractivity contribution is 0.0956. The van der Waals surface area contributed by atoms with E-state index in [4.69, 9.17) is 10.5 Å². The molecule has 0 aliphatic carbocycles. The van der Waals surface area contributed by atoms with Crippen LogP contribution in [0.5, 0.6) is 0 Å². The van der Waals surface area contributed by atoms with Gasteiger partial charge in [0.25, 0.3) is 0 Å². The van der Waals surface area contributed by atoms with Crippen molar-refractivity contribution in [2.45, 2.75) is 26.0 Å². The molecule has 2 unspecified atom stereocenters. The van der Waals surface area contributed by atoms with Crippen LogP contribution >= 0.6 is 0 Å². The number of aryl methyl sites for hydroxylation is 1. The Balaban J connectivity index is 2.94. The lowest BCUT2D eigenvalue weighted by atomic mass is 10.0. The average Bonchev–Trinajstić information content (AvgIpc) is 2.14. The van der Waals surface area contributed by atoms with Gasteiger partial charge in [-0.25, -0.2) is 4.39 Å². The maximum absolute atomic E-state index is 13.1. The van der Waals surface area contributed by atoms with Gasteiger partial charge in [0, 0.05) is 7.11 Å². The van der Waals surface area contributed by atoms with Crippen LogP contribution in [-0.4, -0.2) is 13.2 Å². The second-order valence-electron chi connectivity index (χ2n) is 3.53. The SMILES string of the molecule is COC(C)C(N)c1cc(C)cc(F)c1. The summed E-state index contributed by atoms with van der Waals surface area (Å²) in [6.07, 6.45) is -0.115. The summed E-state index contributed by atoms with van der Waals surface area (Å²) in [6, 6.07) is 4.53. The van der Waals surface area contributed by atoms with Crippen molar-refractivity contribution in [3.8, 4) is 0 Å². The van der Waals surface area contributed by atoms with Crippen LogP contribution in [0.3, 0.4) is 0 Å². The van der Waals surface area contributed by atoms with Gasteiger partial charge in [-0.1, -0.05) is 6.07 Å². The van der Waals surface area contributed by atoms with Gasteiger partial charge in [0.1, 0.15) is 5.82 Å². The van der Waals surface area contributed by atoms with Crippen molar-refractivity contribution in [1.29, 1.82) is 0 Å². The third-order valence-corrected chi connectivity index (χ3v) is 2.33. The molecule has 0 amide bonds. The van der Waals surface area contributed by atoms with Crippen LogP contribution in [-0.2, 0) is 4.74 Å². The lowest BCUT2D eigenvalue weighted by Crippen LogP contribution is -2.25. The van der Waals surface area contributed by atoms with Crippen LogP contribution in [0.25, 0.3) is 0 Å². The normalized spacial score (nSPS) is 15.2. The van der Waals surface area contributed by atoms with Gasteiger partial charge in [0.2, 0.25) is 0 Å². The Hall–Kier alpha value is -0.930. The molecule has 14 heavy (non-hydrogen) atoms. The van der Waals surface area contributed by atoms with Crippen LogP contribution in [0, 0.1) is 12.7 Å². The number of rotatable bonds is 3. The molecule has 78 valence electrons. The predicted molar refractivity (Wildman–Crippen MR) is 54.5 cm³/mol. The molecule has 0 aromatic heterocycles. The molecule has 0 fully saturated rings. The maximum Gasteiger partial charge on any atom is 0.123 e. The highest BCUT2D eigenvalue weighted by atomic mass is 19.1. The summed E-state index contributed by atoms with van der Waals surface area (Å²) in [5.74, 6) is -0.251. The van der Waals surface area contributed by atoms with Crippen LogP contribution < -0.4 is 5.73 Å². The molecule has 1 aromatic carbocycles. The molecule has 2 N–H and O–H groups in total. The van der Waals surface area contributed by atoms with Crippen molar-refractivity contribution < 1.29 is 9.13 Å². The Morgan fingerprint density at radius 3 is 2.50 bits per heavy atom. The van der Waals surface area contributed by atoms with Crippen molar-refractivity contribution >= 4 is 0 Å². The van der Waals surface area contributed by atoms with E-state index in [0.717, 1.165) is 11.1 Å². The third-order valence-electron chi connectivity index (χ3n) is 2.33. The molecule has 1 rings (SSSR count). The monoisotopic (exact) mass is 197 g/mol. The number of halogens is 1. The highest BCUT2D eigenvalue weighted by Gasteiger charge is 2.14. The molecule has 3 heteroatoms. The average molecular weight is 197 g/mol. The summed E-state index contributed by atoms with van der Waals surface area (Å²) in [6.45, 7) is 3.71. The number of hydrogen-bond acceptors (Lipinski definition) is 2. The number of ether oxygens (including phenoxy) is 1. The molecule has 0 saturated carbocycles. The second-order valence-corrected chi connectivity index (χ2v) is 3.53.